The minimum atomic E-state index is 0.0740. The van der Waals surface area contributed by atoms with Gasteiger partial charge in [-0.15, -0.1) is 0 Å². The molecule has 0 bridgehead atoms. The quantitative estimate of drug-likeness (QED) is 0.556. The molecule has 0 aromatic rings. The van der Waals surface area contributed by atoms with Crippen LogP contribution in [0, 0.1) is 0 Å². The predicted octanol–water partition coefficient (Wildman–Crippen LogP) is 1.24. The van der Waals surface area contributed by atoms with Crippen LogP contribution in [0.1, 0.15) is 26.2 Å². The zero-order chi connectivity index (χ0) is 7.11. The molecule has 0 saturated heterocycles. The van der Waals surface area contributed by atoms with Gasteiger partial charge in [0, 0.05) is 0 Å². The van der Waals surface area contributed by atoms with E-state index < -0.39 is 0 Å². The maximum Gasteiger partial charge on any atom is 0.0723 e. The van der Waals surface area contributed by atoms with Gasteiger partial charge in [-0.3, -0.25) is 4.99 Å². The van der Waals surface area contributed by atoms with E-state index in [2.05, 4.69) is 18.6 Å². The molecule has 0 heterocycles. The molecular formula is C7H15NO. The van der Waals surface area contributed by atoms with E-state index in [1.165, 1.54) is 0 Å². The zero-order valence-corrected chi connectivity index (χ0v) is 6.01. The molecule has 0 radical (unpaired) electrons. The summed E-state index contributed by atoms with van der Waals surface area (Å²) in [4.78, 5) is 3.74. The smallest absolute Gasteiger partial charge is 0.0723 e. The van der Waals surface area contributed by atoms with Crippen molar-refractivity contribution in [1.82, 2.24) is 0 Å². The van der Waals surface area contributed by atoms with Crippen LogP contribution in [-0.4, -0.2) is 24.5 Å². The maximum absolute atomic E-state index is 8.62. The van der Waals surface area contributed by atoms with E-state index >= 15 is 0 Å². The number of unbranched alkanes of at least 4 members (excludes halogenated alkanes) is 1. The van der Waals surface area contributed by atoms with Gasteiger partial charge in [-0.1, -0.05) is 19.8 Å². The van der Waals surface area contributed by atoms with E-state index in [1.807, 2.05) is 0 Å². The molecule has 2 heteroatoms. The van der Waals surface area contributed by atoms with E-state index in [4.69, 9.17) is 5.11 Å². The minimum absolute atomic E-state index is 0.0740. The number of aliphatic hydroxyl groups is 1. The third-order valence-corrected chi connectivity index (χ3v) is 1.36. The molecule has 1 N–H and O–H groups in total. The highest BCUT2D eigenvalue weighted by Gasteiger charge is 2.00. The molecule has 2 nitrogen and oxygen atoms in total. The van der Waals surface area contributed by atoms with Crippen molar-refractivity contribution >= 4 is 6.72 Å². The van der Waals surface area contributed by atoms with Crippen LogP contribution in [0.4, 0.5) is 0 Å². The van der Waals surface area contributed by atoms with Crippen molar-refractivity contribution < 1.29 is 5.11 Å². The summed E-state index contributed by atoms with van der Waals surface area (Å²) in [6, 6.07) is 0.0740. The highest BCUT2D eigenvalue weighted by atomic mass is 16.3. The Morgan fingerprint density at radius 3 is 2.67 bits per heavy atom. The Morgan fingerprint density at radius 1 is 1.67 bits per heavy atom. The second kappa shape index (κ2) is 5.76. The Labute approximate surface area is 56.6 Å². The first-order valence-electron chi connectivity index (χ1n) is 3.41. The van der Waals surface area contributed by atoms with Gasteiger partial charge < -0.3 is 5.11 Å². The van der Waals surface area contributed by atoms with E-state index in [-0.39, 0.29) is 12.6 Å². The van der Waals surface area contributed by atoms with E-state index in [0.29, 0.717) is 0 Å². The van der Waals surface area contributed by atoms with E-state index in [1.54, 1.807) is 0 Å². The topological polar surface area (TPSA) is 32.6 Å². The standard InChI is InChI=1S/C7H15NO/c1-3-4-5-7(6-9)8-2/h7,9H,2-6H2,1H3. The molecule has 1 unspecified atom stereocenters. The van der Waals surface area contributed by atoms with Crippen LogP contribution < -0.4 is 0 Å². The molecule has 0 aliphatic heterocycles. The first-order chi connectivity index (χ1) is 4.35. The van der Waals surface area contributed by atoms with Crippen LogP contribution in [0.15, 0.2) is 4.99 Å². The largest absolute Gasteiger partial charge is 0.394 e. The van der Waals surface area contributed by atoms with Crippen molar-refractivity contribution in [2.24, 2.45) is 4.99 Å². The number of aliphatic hydroxyl groups excluding tert-OH is 1. The number of nitrogens with zero attached hydrogens (tertiary/aromatic N) is 1. The second-order valence-corrected chi connectivity index (χ2v) is 2.16. The van der Waals surface area contributed by atoms with Gasteiger partial charge >= 0.3 is 0 Å². The van der Waals surface area contributed by atoms with Crippen LogP contribution in [0.25, 0.3) is 0 Å². The molecule has 0 amide bonds. The van der Waals surface area contributed by atoms with Crippen molar-refractivity contribution in [3.05, 3.63) is 0 Å². The van der Waals surface area contributed by atoms with Gasteiger partial charge in [0.25, 0.3) is 0 Å². The average Bonchev–Trinajstić information content (AvgIpc) is 1.91. The maximum atomic E-state index is 8.62. The van der Waals surface area contributed by atoms with Crippen molar-refractivity contribution in [3.8, 4) is 0 Å². The fourth-order valence-corrected chi connectivity index (χ4v) is 0.680. The first kappa shape index (κ1) is 8.63. The van der Waals surface area contributed by atoms with Crippen LogP contribution in [0.2, 0.25) is 0 Å². The van der Waals surface area contributed by atoms with Gasteiger partial charge in [0.15, 0.2) is 0 Å². The van der Waals surface area contributed by atoms with Gasteiger partial charge in [0.2, 0.25) is 0 Å². The van der Waals surface area contributed by atoms with Crippen LogP contribution in [0.3, 0.4) is 0 Å². The van der Waals surface area contributed by atoms with Crippen molar-refractivity contribution in [1.29, 1.82) is 0 Å². The molecule has 0 spiro atoms. The number of hydrogen-bond acceptors (Lipinski definition) is 2. The lowest BCUT2D eigenvalue weighted by molar-refractivity contribution is 0.259. The molecule has 0 aromatic heterocycles. The molecule has 1 atom stereocenters. The normalized spacial score (nSPS) is 13.1. The first-order valence-corrected chi connectivity index (χ1v) is 3.41. The summed E-state index contributed by atoms with van der Waals surface area (Å²) >= 11 is 0. The molecule has 0 aliphatic rings. The number of hydrogen-bond donors (Lipinski definition) is 1. The molecule has 0 fully saturated rings. The van der Waals surface area contributed by atoms with Crippen LogP contribution in [-0.2, 0) is 0 Å². The van der Waals surface area contributed by atoms with Crippen molar-refractivity contribution in [2.45, 2.75) is 32.2 Å². The Balaban J connectivity index is 3.20. The summed E-state index contributed by atoms with van der Waals surface area (Å²) in [6.45, 7) is 5.64. The lowest BCUT2D eigenvalue weighted by Crippen LogP contribution is -2.08. The number of rotatable bonds is 5. The Hall–Kier alpha value is -0.370. The summed E-state index contributed by atoms with van der Waals surface area (Å²) in [5, 5.41) is 8.62. The summed E-state index contributed by atoms with van der Waals surface area (Å²) in [5.41, 5.74) is 0. The summed E-state index contributed by atoms with van der Waals surface area (Å²) in [6.07, 6.45) is 3.26. The summed E-state index contributed by atoms with van der Waals surface area (Å²) in [7, 11) is 0. The van der Waals surface area contributed by atoms with Crippen LogP contribution in [0.5, 0.6) is 0 Å². The average molecular weight is 129 g/mol. The SMILES string of the molecule is C=NC(CO)CCCC. The van der Waals surface area contributed by atoms with Crippen molar-refractivity contribution in [2.75, 3.05) is 6.61 Å². The number of aliphatic imine (C=N–C) groups is 1. The molecule has 0 rings (SSSR count). The lowest BCUT2D eigenvalue weighted by atomic mass is 10.1. The molecule has 54 valence electrons. The van der Waals surface area contributed by atoms with Crippen molar-refractivity contribution in [3.63, 3.8) is 0 Å². The molecular weight excluding hydrogens is 114 g/mol. The van der Waals surface area contributed by atoms with Gasteiger partial charge in [0.1, 0.15) is 0 Å². The fraction of sp³-hybridized carbons (Fsp3) is 0.857. The summed E-state index contributed by atoms with van der Waals surface area (Å²) in [5.74, 6) is 0. The summed E-state index contributed by atoms with van der Waals surface area (Å²) < 4.78 is 0. The van der Waals surface area contributed by atoms with E-state index in [0.717, 1.165) is 19.3 Å². The lowest BCUT2D eigenvalue weighted by Gasteiger charge is -2.05. The highest BCUT2D eigenvalue weighted by molar-refractivity contribution is 5.24. The van der Waals surface area contributed by atoms with E-state index in [9.17, 15) is 0 Å². The van der Waals surface area contributed by atoms with Gasteiger partial charge in [0.05, 0.1) is 12.6 Å². The van der Waals surface area contributed by atoms with Gasteiger partial charge in [-0.2, -0.15) is 0 Å². The molecule has 0 aliphatic carbocycles. The predicted molar refractivity (Wildman–Crippen MR) is 39.9 cm³/mol. The molecule has 0 aromatic carbocycles. The van der Waals surface area contributed by atoms with Crippen LogP contribution >= 0.6 is 0 Å². The third kappa shape index (κ3) is 4.15. The zero-order valence-electron chi connectivity index (χ0n) is 6.01. The minimum Gasteiger partial charge on any atom is -0.394 e. The highest BCUT2D eigenvalue weighted by Crippen LogP contribution is 2.01. The molecule has 0 saturated carbocycles. The van der Waals surface area contributed by atoms with Gasteiger partial charge in [-0.25, -0.2) is 0 Å². The Kier molecular flexibility index (Phi) is 5.52. The second-order valence-electron chi connectivity index (χ2n) is 2.16. The van der Waals surface area contributed by atoms with Gasteiger partial charge in [-0.05, 0) is 13.1 Å². The Morgan fingerprint density at radius 2 is 2.33 bits per heavy atom. The monoisotopic (exact) mass is 129 g/mol. The Bertz CT molecular complexity index is 73.3. The fourth-order valence-electron chi connectivity index (χ4n) is 0.680. The third-order valence-electron chi connectivity index (χ3n) is 1.36. The molecule has 9 heavy (non-hydrogen) atoms.